The number of oxime groups is 1. The summed E-state index contributed by atoms with van der Waals surface area (Å²) in [5.41, 5.74) is 5.36. The van der Waals surface area contributed by atoms with E-state index in [2.05, 4.69) is 81.7 Å². The van der Waals surface area contributed by atoms with Crippen LogP contribution in [0.2, 0.25) is 0 Å². The molecule has 1 saturated heterocycles. The first kappa shape index (κ1) is 21.6. The second-order valence-corrected chi connectivity index (χ2v) is 9.80. The van der Waals surface area contributed by atoms with E-state index >= 15 is 0 Å². The predicted octanol–water partition coefficient (Wildman–Crippen LogP) is 5.82. The third-order valence-electron chi connectivity index (χ3n) is 6.19. The van der Waals surface area contributed by atoms with E-state index in [9.17, 15) is 4.79 Å². The summed E-state index contributed by atoms with van der Waals surface area (Å²) in [7, 11) is 0. The molecule has 2 aliphatic heterocycles. The highest BCUT2D eigenvalue weighted by Crippen LogP contribution is 2.37. The monoisotopic (exact) mass is 557 g/mol. The van der Waals surface area contributed by atoms with Gasteiger partial charge in [-0.15, -0.1) is 11.3 Å². The molecule has 164 valence electrons. The summed E-state index contributed by atoms with van der Waals surface area (Å²) < 4.78 is 0.554. The van der Waals surface area contributed by atoms with Crippen LogP contribution in [0.3, 0.4) is 0 Å². The number of nitrogens with zero attached hydrogens (tertiary/aromatic N) is 3. The third kappa shape index (κ3) is 4.45. The molecular weight excluding hydrogens is 533 g/mol. The number of thiazole rings is 1. The fourth-order valence-corrected chi connectivity index (χ4v) is 5.90. The van der Waals surface area contributed by atoms with Gasteiger partial charge in [0.2, 0.25) is 5.91 Å². The number of alkyl halides is 1. The van der Waals surface area contributed by atoms with E-state index in [4.69, 9.17) is 9.82 Å². The lowest BCUT2D eigenvalue weighted by molar-refractivity contribution is -0.129. The Hall–Kier alpha value is -2.26. The molecule has 3 heterocycles. The zero-order valence-corrected chi connectivity index (χ0v) is 20.6. The molecule has 32 heavy (non-hydrogen) atoms. The topological polar surface area (TPSA) is 54.8 Å². The number of hydrogen-bond donors (Lipinski definition) is 0. The number of amides is 1. The molecule has 0 aliphatic carbocycles. The molecule has 2 aliphatic rings. The van der Waals surface area contributed by atoms with E-state index < -0.39 is 0 Å². The van der Waals surface area contributed by atoms with Gasteiger partial charge in [0.1, 0.15) is 5.71 Å². The molecule has 2 aromatic carbocycles. The van der Waals surface area contributed by atoms with Crippen molar-refractivity contribution in [2.24, 2.45) is 5.16 Å². The van der Waals surface area contributed by atoms with Crippen LogP contribution in [0.5, 0.6) is 0 Å². The van der Waals surface area contributed by atoms with Crippen molar-refractivity contribution in [2.75, 3.05) is 17.5 Å². The quantitative estimate of drug-likeness (QED) is 0.294. The van der Waals surface area contributed by atoms with Gasteiger partial charge in [-0.25, -0.2) is 4.98 Å². The fraction of sp³-hybridized carbons (Fsp3) is 0.320. The largest absolute Gasteiger partial charge is 0.387 e. The number of piperidine rings is 1. The summed E-state index contributed by atoms with van der Waals surface area (Å²) in [6.45, 7) is 1.65. The first-order valence-corrected chi connectivity index (χ1v) is 13.3. The van der Waals surface area contributed by atoms with E-state index in [1.165, 1.54) is 11.1 Å². The van der Waals surface area contributed by atoms with Gasteiger partial charge in [-0.05, 0) is 24.0 Å². The molecule has 0 spiro atoms. The molecule has 5 rings (SSSR count). The minimum Gasteiger partial charge on any atom is -0.387 e. The van der Waals surface area contributed by atoms with Gasteiger partial charge >= 0.3 is 0 Å². The van der Waals surface area contributed by atoms with E-state index in [0.717, 1.165) is 54.3 Å². The first-order chi connectivity index (χ1) is 15.7. The maximum atomic E-state index is 11.9. The fourth-order valence-electron chi connectivity index (χ4n) is 4.42. The molecule has 0 bridgehead atoms. The molecule has 1 unspecified atom stereocenters. The van der Waals surface area contributed by atoms with E-state index in [-0.39, 0.29) is 12.0 Å². The van der Waals surface area contributed by atoms with Crippen LogP contribution in [0.15, 0.2) is 65.1 Å². The minimum atomic E-state index is -0.103. The summed E-state index contributed by atoms with van der Waals surface area (Å²) in [6.07, 6.45) is 2.57. The van der Waals surface area contributed by atoms with Gasteiger partial charge in [0.15, 0.2) is 6.10 Å². The van der Waals surface area contributed by atoms with E-state index in [0.29, 0.717) is 10.3 Å². The van der Waals surface area contributed by atoms with Gasteiger partial charge < -0.3 is 9.74 Å². The summed E-state index contributed by atoms with van der Waals surface area (Å²) in [6, 6.07) is 18.8. The van der Waals surface area contributed by atoms with Crippen LogP contribution in [0, 0.1) is 0 Å². The predicted molar refractivity (Wildman–Crippen MR) is 136 cm³/mol. The molecule has 0 N–H and O–H groups in total. The van der Waals surface area contributed by atoms with Gasteiger partial charge in [0, 0.05) is 36.4 Å². The number of rotatable bonds is 5. The molecule has 5 nitrogen and oxygen atoms in total. The molecule has 0 radical (unpaired) electrons. The summed E-state index contributed by atoms with van der Waals surface area (Å²) in [5.74, 6) is 0.660. The average Bonchev–Trinajstić information content (AvgIpc) is 3.54. The highest BCUT2D eigenvalue weighted by Gasteiger charge is 2.29. The second-order valence-electron chi connectivity index (χ2n) is 8.15. The van der Waals surface area contributed by atoms with Gasteiger partial charge in [-0.2, -0.15) is 0 Å². The van der Waals surface area contributed by atoms with Crippen molar-refractivity contribution in [3.63, 3.8) is 0 Å². The Morgan fingerprint density at radius 2 is 1.84 bits per heavy atom. The lowest BCUT2D eigenvalue weighted by atomic mass is 9.94. The molecular formula is C25H24IN3O2S. The first-order valence-electron chi connectivity index (χ1n) is 10.9. The Morgan fingerprint density at radius 3 is 2.62 bits per heavy atom. The number of carbonyl (C=O) groups excluding carboxylic acids is 1. The van der Waals surface area contributed by atoms with Crippen molar-refractivity contribution in [1.29, 1.82) is 0 Å². The number of benzene rings is 2. The van der Waals surface area contributed by atoms with Crippen LogP contribution in [0.25, 0.3) is 11.1 Å². The molecule has 1 amide bonds. The number of carbonyl (C=O) groups is 1. The number of likely N-dealkylation sites (tertiary alicyclic amines) is 1. The van der Waals surface area contributed by atoms with Crippen molar-refractivity contribution in [3.8, 4) is 11.1 Å². The third-order valence-corrected chi connectivity index (χ3v) is 7.85. The smallest absolute Gasteiger partial charge is 0.232 e. The highest BCUT2D eigenvalue weighted by molar-refractivity contribution is 14.1. The van der Waals surface area contributed by atoms with Crippen molar-refractivity contribution in [1.82, 2.24) is 9.88 Å². The van der Waals surface area contributed by atoms with Gasteiger partial charge in [-0.3, -0.25) is 4.79 Å². The molecule has 7 heteroatoms. The highest BCUT2D eigenvalue weighted by atomic mass is 127. The maximum absolute atomic E-state index is 11.9. The molecule has 1 aromatic heterocycles. The Bertz CT molecular complexity index is 1120. The Morgan fingerprint density at radius 1 is 1.09 bits per heavy atom. The van der Waals surface area contributed by atoms with Crippen molar-refractivity contribution >= 4 is 45.5 Å². The normalized spacial score (nSPS) is 19.0. The van der Waals surface area contributed by atoms with Gasteiger partial charge in [0.05, 0.1) is 15.1 Å². The van der Waals surface area contributed by atoms with E-state index in [1.807, 2.05) is 11.0 Å². The molecule has 1 fully saturated rings. The summed E-state index contributed by atoms with van der Waals surface area (Å²) in [5, 5.41) is 7.66. The lowest BCUT2D eigenvalue weighted by Gasteiger charge is -2.30. The lowest BCUT2D eigenvalue weighted by Crippen LogP contribution is -2.38. The van der Waals surface area contributed by atoms with Crippen LogP contribution in [-0.2, 0) is 9.63 Å². The van der Waals surface area contributed by atoms with Crippen LogP contribution in [-0.4, -0.2) is 39.0 Å². The van der Waals surface area contributed by atoms with Gasteiger partial charge in [-0.1, -0.05) is 82.3 Å². The SMILES string of the molecule is O=C(CI)N1CCC(c2nc(C3=NOC(c4ccccc4-c4ccccc4)C3)cs2)CC1. The standard InChI is InChI=1S/C25H24IN3O2S/c26-15-24(30)29-12-10-18(11-13-29)25-27-22(16-32-25)21-14-23(31-28-21)20-9-5-4-8-19(20)17-6-2-1-3-7-17/h1-9,16,18,23H,10-15H2. The Kier molecular flexibility index (Phi) is 6.54. The van der Waals surface area contributed by atoms with Crippen molar-refractivity contribution in [2.45, 2.75) is 31.3 Å². The van der Waals surface area contributed by atoms with Crippen LogP contribution in [0.4, 0.5) is 0 Å². The average molecular weight is 557 g/mol. The number of hydrogen-bond acceptors (Lipinski definition) is 5. The molecule has 3 aromatic rings. The summed E-state index contributed by atoms with van der Waals surface area (Å²) >= 11 is 3.84. The van der Waals surface area contributed by atoms with Crippen molar-refractivity contribution < 1.29 is 9.63 Å². The Balaban J connectivity index is 1.27. The molecule has 1 atom stereocenters. The minimum absolute atomic E-state index is 0.103. The van der Waals surface area contributed by atoms with Crippen LogP contribution < -0.4 is 0 Å². The Labute approximate surface area is 205 Å². The number of aromatic nitrogens is 1. The maximum Gasteiger partial charge on any atom is 0.232 e. The van der Waals surface area contributed by atoms with Crippen LogP contribution >= 0.6 is 33.9 Å². The molecule has 0 saturated carbocycles. The van der Waals surface area contributed by atoms with E-state index in [1.54, 1.807) is 11.3 Å². The summed E-state index contributed by atoms with van der Waals surface area (Å²) in [4.78, 5) is 24.7. The zero-order valence-electron chi connectivity index (χ0n) is 17.6. The zero-order chi connectivity index (χ0) is 21.9. The number of halogens is 1. The van der Waals surface area contributed by atoms with Crippen molar-refractivity contribution in [3.05, 3.63) is 76.2 Å². The van der Waals surface area contributed by atoms with Crippen LogP contribution in [0.1, 0.15) is 47.5 Å². The van der Waals surface area contributed by atoms with Gasteiger partial charge in [0.25, 0.3) is 0 Å². The second kappa shape index (κ2) is 9.70.